The minimum absolute atomic E-state index is 0.0896. The summed E-state index contributed by atoms with van der Waals surface area (Å²) in [6, 6.07) is 13.1. The van der Waals surface area contributed by atoms with E-state index in [2.05, 4.69) is 33.0 Å². The number of nitrogens with zero attached hydrogens (tertiary/aromatic N) is 1. The van der Waals surface area contributed by atoms with Crippen molar-refractivity contribution in [2.75, 3.05) is 11.9 Å². The third-order valence-electron chi connectivity index (χ3n) is 3.37. The van der Waals surface area contributed by atoms with Crippen LogP contribution in [0.1, 0.15) is 18.1 Å². The summed E-state index contributed by atoms with van der Waals surface area (Å²) < 4.78 is 14.8. The molecule has 0 aliphatic rings. The van der Waals surface area contributed by atoms with Gasteiger partial charge in [0, 0.05) is 35.4 Å². The number of benzene rings is 2. The summed E-state index contributed by atoms with van der Waals surface area (Å²) in [4.78, 5) is 2.06. The number of hydrogen-bond donors (Lipinski definition) is 1. The molecule has 0 saturated carbocycles. The molecule has 1 atom stereocenters. The summed E-state index contributed by atoms with van der Waals surface area (Å²) in [5, 5.41) is 0. The first kappa shape index (κ1) is 16.0. The Balaban J connectivity index is 2.27. The molecule has 112 valence electrons. The average molecular weight is 351 g/mol. The van der Waals surface area contributed by atoms with Crippen LogP contribution < -0.4 is 10.6 Å². The summed E-state index contributed by atoms with van der Waals surface area (Å²) in [6.45, 7) is 2.51. The molecular formula is C17H20BrFN2. The van der Waals surface area contributed by atoms with E-state index in [0.29, 0.717) is 12.1 Å². The van der Waals surface area contributed by atoms with Crippen molar-refractivity contribution < 1.29 is 4.39 Å². The highest BCUT2D eigenvalue weighted by Crippen LogP contribution is 2.27. The maximum absolute atomic E-state index is 13.8. The molecule has 21 heavy (non-hydrogen) atoms. The van der Waals surface area contributed by atoms with Gasteiger partial charge in [-0.3, -0.25) is 0 Å². The number of halogens is 2. The van der Waals surface area contributed by atoms with Crippen LogP contribution in [0.5, 0.6) is 0 Å². The quantitative estimate of drug-likeness (QED) is 0.878. The molecule has 0 radical (unpaired) electrons. The van der Waals surface area contributed by atoms with Gasteiger partial charge in [-0.25, -0.2) is 4.39 Å². The van der Waals surface area contributed by atoms with Crippen molar-refractivity contribution >= 4 is 21.6 Å². The molecule has 2 nitrogen and oxygen atoms in total. The standard InChI is InChI=1S/C17H20BrFN2/c1-12(20)9-13-7-8-15(18)10-17(13)21(2)11-14-5-3-4-6-16(14)19/h3-8,10,12H,9,11,20H2,1-2H3. The molecule has 2 N–H and O–H groups in total. The van der Waals surface area contributed by atoms with Crippen LogP contribution in [0.2, 0.25) is 0 Å². The molecular weight excluding hydrogens is 331 g/mol. The van der Waals surface area contributed by atoms with Crippen LogP contribution >= 0.6 is 15.9 Å². The number of nitrogens with two attached hydrogens (primary N) is 1. The molecule has 0 bridgehead atoms. The fourth-order valence-electron chi connectivity index (χ4n) is 2.38. The van der Waals surface area contributed by atoms with Crippen LogP contribution in [0.3, 0.4) is 0 Å². The highest BCUT2D eigenvalue weighted by atomic mass is 79.9. The molecule has 0 aromatic heterocycles. The molecule has 0 saturated heterocycles. The lowest BCUT2D eigenvalue weighted by atomic mass is 10.0. The first-order valence-electron chi connectivity index (χ1n) is 6.96. The Morgan fingerprint density at radius 1 is 1.19 bits per heavy atom. The summed E-state index contributed by atoms with van der Waals surface area (Å²) in [5.74, 6) is -0.173. The Hall–Kier alpha value is -1.39. The van der Waals surface area contributed by atoms with Gasteiger partial charge in [0.1, 0.15) is 5.82 Å². The lowest BCUT2D eigenvalue weighted by molar-refractivity contribution is 0.607. The topological polar surface area (TPSA) is 29.3 Å². The van der Waals surface area contributed by atoms with Crippen molar-refractivity contribution in [1.82, 2.24) is 0 Å². The molecule has 2 aromatic carbocycles. The zero-order chi connectivity index (χ0) is 15.4. The van der Waals surface area contributed by atoms with E-state index in [-0.39, 0.29) is 11.9 Å². The maximum atomic E-state index is 13.8. The van der Waals surface area contributed by atoms with Gasteiger partial charge >= 0.3 is 0 Å². The molecule has 4 heteroatoms. The minimum atomic E-state index is -0.173. The van der Waals surface area contributed by atoms with Crippen molar-refractivity contribution in [3.05, 3.63) is 63.9 Å². The molecule has 0 fully saturated rings. The summed E-state index contributed by atoms with van der Waals surface area (Å²) in [5.41, 5.74) is 8.85. The summed E-state index contributed by atoms with van der Waals surface area (Å²) in [7, 11) is 1.97. The van der Waals surface area contributed by atoms with E-state index in [1.165, 1.54) is 11.6 Å². The van der Waals surface area contributed by atoms with Gasteiger partial charge in [-0.1, -0.05) is 40.2 Å². The van der Waals surface area contributed by atoms with Gasteiger partial charge in [0.15, 0.2) is 0 Å². The predicted molar refractivity (Wildman–Crippen MR) is 90.0 cm³/mol. The number of anilines is 1. The monoisotopic (exact) mass is 350 g/mol. The summed E-state index contributed by atoms with van der Waals surface area (Å²) in [6.07, 6.45) is 0.796. The Morgan fingerprint density at radius 2 is 1.90 bits per heavy atom. The second-order valence-electron chi connectivity index (χ2n) is 5.40. The van der Waals surface area contributed by atoms with Gasteiger partial charge in [-0.05, 0) is 37.1 Å². The van der Waals surface area contributed by atoms with Crippen LogP contribution in [0, 0.1) is 5.82 Å². The highest BCUT2D eigenvalue weighted by Gasteiger charge is 2.12. The van der Waals surface area contributed by atoms with Crippen molar-refractivity contribution in [2.45, 2.75) is 25.9 Å². The van der Waals surface area contributed by atoms with Crippen molar-refractivity contribution in [3.63, 3.8) is 0 Å². The van der Waals surface area contributed by atoms with Crippen LogP contribution in [-0.2, 0) is 13.0 Å². The molecule has 0 aliphatic heterocycles. The minimum Gasteiger partial charge on any atom is -0.370 e. The zero-order valence-electron chi connectivity index (χ0n) is 12.3. The van der Waals surface area contributed by atoms with Gasteiger partial charge in [0.25, 0.3) is 0 Å². The smallest absolute Gasteiger partial charge is 0.128 e. The van der Waals surface area contributed by atoms with E-state index in [4.69, 9.17) is 5.73 Å². The second-order valence-corrected chi connectivity index (χ2v) is 6.32. The summed E-state index contributed by atoms with van der Waals surface area (Å²) >= 11 is 3.50. The number of rotatable bonds is 5. The van der Waals surface area contributed by atoms with E-state index in [9.17, 15) is 4.39 Å². The normalized spacial score (nSPS) is 12.2. The molecule has 2 aromatic rings. The number of hydrogen-bond acceptors (Lipinski definition) is 2. The fraction of sp³-hybridized carbons (Fsp3) is 0.294. The Morgan fingerprint density at radius 3 is 2.57 bits per heavy atom. The molecule has 0 heterocycles. The third kappa shape index (κ3) is 4.29. The van der Waals surface area contributed by atoms with E-state index in [1.807, 2.05) is 32.2 Å². The van der Waals surface area contributed by atoms with Crippen molar-refractivity contribution in [3.8, 4) is 0 Å². The largest absolute Gasteiger partial charge is 0.370 e. The van der Waals surface area contributed by atoms with Crippen molar-refractivity contribution in [1.29, 1.82) is 0 Å². The van der Waals surface area contributed by atoms with E-state index < -0.39 is 0 Å². The van der Waals surface area contributed by atoms with Gasteiger partial charge in [0.2, 0.25) is 0 Å². The Labute approximate surface area is 133 Å². The van der Waals surface area contributed by atoms with E-state index >= 15 is 0 Å². The van der Waals surface area contributed by atoms with Crippen LogP contribution in [0.25, 0.3) is 0 Å². The fourth-order valence-corrected chi connectivity index (χ4v) is 2.73. The predicted octanol–water partition coefficient (Wildman–Crippen LogP) is 4.11. The molecule has 0 aliphatic carbocycles. The molecule has 1 unspecified atom stereocenters. The third-order valence-corrected chi connectivity index (χ3v) is 3.86. The molecule has 2 rings (SSSR count). The highest BCUT2D eigenvalue weighted by molar-refractivity contribution is 9.10. The molecule has 0 spiro atoms. The zero-order valence-corrected chi connectivity index (χ0v) is 13.9. The van der Waals surface area contributed by atoms with Crippen LogP contribution in [-0.4, -0.2) is 13.1 Å². The van der Waals surface area contributed by atoms with Crippen LogP contribution in [0.15, 0.2) is 46.9 Å². The SMILES string of the molecule is CC(N)Cc1ccc(Br)cc1N(C)Cc1ccccc1F. The first-order valence-corrected chi connectivity index (χ1v) is 7.75. The lowest BCUT2D eigenvalue weighted by Gasteiger charge is -2.24. The lowest BCUT2D eigenvalue weighted by Crippen LogP contribution is -2.22. The van der Waals surface area contributed by atoms with Gasteiger partial charge < -0.3 is 10.6 Å². The average Bonchev–Trinajstić information content (AvgIpc) is 2.43. The van der Waals surface area contributed by atoms with E-state index in [1.54, 1.807) is 6.07 Å². The Bertz CT molecular complexity index is 613. The van der Waals surface area contributed by atoms with Crippen molar-refractivity contribution in [2.24, 2.45) is 5.73 Å². The Kier molecular flexibility index (Phi) is 5.37. The second kappa shape index (κ2) is 7.05. The van der Waals surface area contributed by atoms with E-state index in [0.717, 1.165) is 16.6 Å². The van der Waals surface area contributed by atoms with Crippen LogP contribution in [0.4, 0.5) is 10.1 Å². The first-order chi connectivity index (χ1) is 9.97. The molecule has 0 amide bonds. The van der Waals surface area contributed by atoms with Gasteiger partial charge in [-0.2, -0.15) is 0 Å². The van der Waals surface area contributed by atoms with Gasteiger partial charge in [0.05, 0.1) is 0 Å². The van der Waals surface area contributed by atoms with Gasteiger partial charge in [-0.15, -0.1) is 0 Å². The maximum Gasteiger partial charge on any atom is 0.128 e.